The highest BCUT2D eigenvalue weighted by molar-refractivity contribution is 5.93. The third kappa shape index (κ3) is 3.17. The number of rotatable bonds is 5. The summed E-state index contributed by atoms with van der Waals surface area (Å²) in [5.41, 5.74) is 3.76. The average molecular weight is 238 g/mol. The molecule has 0 unspecified atom stereocenters. The maximum atomic E-state index is 11.7. The van der Waals surface area contributed by atoms with Crippen LogP contribution in [0.15, 0.2) is 10.9 Å². The molecule has 94 valence electrons. The van der Waals surface area contributed by atoms with Crippen molar-refractivity contribution >= 4 is 5.91 Å². The molecule has 2 N–H and O–H groups in total. The van der Waals surface area contributed by atoms with E-state index in [-0.39, 0.29) is 11.1 Å². The highest BCUT2D eigenvalue weighted by Gasteiger charge is 2.13. The Balaban J connectivity index is 3.17. The minimum atomic E-state index is -0.522. The van der Waals surface area contributed by atoms with Crippen molar-refractivity contribution in [2.75, 3.05) is 7.11 Å². The van der Waals surface area contributed by atoms with Gasteiger partial charge >= 0.3 is 0 Å². The molecule has 0 radical (unpaired) electrons. The van der Waals surface area contributed by atoms with Gasteiger partial charge in [-0.2, -0.15) is 0 Å². The topological polar surface area (TPSA) is 71.2 Å². The predicted molar refractivity (Wildman–Crippen MR) is 64.9 cm³/mol. The van der Waals surface area contributed by atoms with Crippen LogP contribution >= 0.6 is 0 Å². The molecule has 0 aromatic carbocycles. The predicted octanol–water partition coefficient (Wildman–Crippen LogP) is 1.18. The minimum Gasteiger partial charge on any atom is -0.325 e. The van der Waals surface area contributed by atoms with Gasteiger partial charge in [-0.15, -0.1) is 0 Å². The number of aromatic amines is 1. The molecular weight excluding hydrogens is 220 g/mol. The average Bonchev–Trinajstić information content (AvgIpc) is 2.30. The van der Waals surface area contributed by atoms with Crippen LogP contribution in [0.5, 0.6) is 0 Å². The van der Waals surface area contributed by atoms with Crippen molar-refractivity contribution in [3.05, 3.63) is 33.2 Å². The van der Waals surface area contributed by atoms with E-state index in [4.69, 9.17) is 0 Å². The number of amides is 1. The minimum absolute atomic E-state index is 0.0866. The zero-order chi connectivity index (χ0) is 12.8. The van der Waals surface area contributed by atoms with Gasteiger partial charge in [0.05, 0.1) is 7.11 Å². The fourth-order valence-corrected chi connectivity index (χ4v) is 1.72. The Morgan fingerprint density at radius 1 is 1.47 bits per heavy atom. The van der Waals surface area contributed by atoms with Crippen molar-refractivity contribution in [2.24, 2.45) is 0 Å². The molecule has 0 bridgehead atoms. The van der Waals surface area contributed by atoms with E-state index < -0.39 is 5.91 Å². The molecule has 0 spiro atoms. The van der Waals surface area contributed by atoms with Crippen molar-refractivity contribution in [3.8, 4) is 0 Å². The van der Waals surface area contributed by atoms with Crippen LogP contribution < -0.4 is 11.0 Å². The number of nitrogens with one attached hydrogen (secondary N) is 2. The quantitative estimate of drug-likeness (QED) is 0.757. The molecule has 5 nitrogen and oxygen atoms in total. The maximum absolute atomic E-state index is 11.7. The Hall–Kier alpha value is -1.62. The summed E-state index contributed by atoms with van der Waals surface area (Å²) in [4.78, 5) is 30.5. The van der Waals surface area contributed by atoms with Crippen LogP contribution in [-0.2, 0) is 17.7 Å². The SMILES string of the molecule is CCCc1[nH]c(=O)c(C(=O)NOC)cc1CC. The number of hydroxylamine groups is 1. The third-order valence-electron chi connectivity index (χ3n) is 2.54. The zero-order valence-corrected chi connectivity index (χ0v) is 10.4. The van der Waals surface area contributed by atoms with Gasteiger partial charge < -0.3 is 4.98 Å². The molecule has 0 aliphatic heterocycles. The van der Waals surface area contributed by atoms with Crippen molar-refractivity contribution in [2.45, 2.75) is 33.1 Å². The molecule has 0 aliphatic rings. The summed E-state index contributed by atoms with van der Waals surface area (Å²) in [5, 5.41) is 0. The molecule has 0 atom stereocenters. The lowest BCUT2D eigenvalue weighted by molar-refractivity contribution is 0.0536. The van der Waals surface area contributed by atoms with E-state index in [1.54, 1.807) is 6.07 Å². The fourth-order valence-electron chi connectivity index (χ4n) is 1.72. The van der Waals surface area contributed by atoms with Crippen molar-refractivity contribution in [1.82, 2.24) is 10.5 Å². The van der Waals surface area contributed by atoms with Crippen LogP contribution in [0, 0.1) is 0 Å². The smallest absolute Gasteiger partial charge is 0.280 e. The lowest BCUT2D eigenvalue weighted by Crippen LogP contribution is -2.29. The lowest BCUT2D eigenvalue weighted by Gasteiger charge is -2.09. The number of carbonyl (C=O) groups excluding carboxylic acids is 1. The van der Waals surface area contributed by atoms with Gasteiger partial charge in [0, 0.05) is 5.69 Å². The summed E-state index contributed by atoms with van der Waals surface area (Å²) in [7, 11) is 1.33. The second-order valence-corrected chi connectivity index (χ2v) is 3.75. The lowest BCUT2D eigenvalue weighted by atomic mass is 10.0. The van der Waals surface area contributed by atoms with Gasteiger partial charge in [-0.25, -0.2) is 5.48 Å². The molecule has 0 aliphatic carbocycles. The molecule has 1 rings (SSSR count). The first-order chi connectivity index (χ1) is 8.13. The standard InChI is InChI=1S/C12H18N2O3/c1-4-6-10-8(5-2)7-9(11(15)13-10)12(16)14-17-3/h7H,4-6H2,1-3H3,(H,13,15)(H,14,16). The molecule has 5 heteroatoms. The van der Waals surface area contributed by atoms with Gasteiger partial charge in [-0.1, -0.05) is 20.3 Å². The number of pyridine rings is 1. The van der Waals surface area contributed by atoms with Gasteiger partial charge in [-0.3, -0.25) is 14.4 Å². The van der Waals surface area contributed by atoms with Crippen LogP contribution in [0.3, 0.4) is 0 Å². The Bertz CT molecular complexity index is 452. The summed E-state index contributed by atoms with van der Waals surface area (Å²) in [6.45, 7) is 4.04. The van der Waals surface area contributed by atoms with Gasteiger partial charge in [0.25, 0.3) is 11.5 Å². The Morgan fingerprint density at radius 3 is 2.71 bits per heavy atom. The molecule has 1 aromatic rings. The number of hydrogen-bond acceptors (Lipinski definition) is 3. The van der Waals surface area contributed by atoms with Crippen LogP contribution in [0.2, 0.25) is 0 Å². The Kier molecular flexibility index (Phi) is 4.90. The van der Waals surface area contributed by atoms with Crippen LogP contribution in [0.4, 0.5) is 0 Å². The van der Waals surface area contributed by atoms with E-state index in [1.807, 2.05) is 13.8 Å². The van der Waals surface area contributed by atoms with Gasteiger partial charge in [0.1, 0.15) is 5.56 Å². The number of aromatic nitrogens is 1. The number of H-pyrrole nitrogens is 1. The third-order valence-corrected chi connectivity index (χ3v) is 2.54. The van der Waals surface area contributed by atoms with E-state index in [0.717, 1.165) is 30.5 Å². The molecule has 1 heterocycles. The summed E-state index contributed by atoms with van der Waals surface area (Å²) in [6, 6.07) is 1.64. The summed E-state index contributed by atoms with van der Waals surface area (Å²) >= 11 is 0. The summed E-state index contributed by atoms with van der Waals surface area (Å²) < 4.78 is 0. The van der Waals surface area contributed by atoms with E-state index >= 15 is 0 Å². The van der Waals surface area contributed by atoms with Crippen LogP contribution in [-0.4, -0.2) is 18.0 Å². The monoisotopic (exact) mass is 238 g/mol. The Morgan fingerprint density at radius 2 is 2.18 bits per heavy atom. The van der Waals surface area contributed by atoms with Gasteiger partial charge in [0.15, 0.2) is 0 Å². The molecule has 1 aromatic heterocycles. The first-order valence-electron chi connectivity index (χ1n) is 5.72. The second kappa shape index (κ2) is 6.20. The van der Waals surface area contributed by atoms with Crippen molar-refractivity contribution in [3.63, 3.8) is 0 Å². The number of hydrogen-bond donors (Lipinski definition) is 2. The zero-order valence-electron chi connectivity index (χ0n) is 10.4. The Labute approximate surface area is 100 Å². The van der Waals surface area contributed by atoms with Crippen molar-refractivity contribution < 1.29 is 9.63 Å². The molecule has 17 heavy (non-hydrogen) atoms. The molecule has 0 saturated carbocycles. The van der Waals surface area contributed by atoms with E-state index in [1.165, 1.54) is 7.11 Å². The second-order valence-electron chi connectivity index (χ2n) is 3.75. The first kappa shape index (κ1) is 13.4. The highest BCUT2D eigenvalue weighted by Crippen LogP contribution is 2.09. The first-order valence-corrected chi connectivity index (χ1v) is 5.72. The number of aryl methyl sites for hydroxylation is 2. The largest absolute Gasteiger partial charge is 0.325 e. The molecular formula is C12H18N2O3. The fraction of sp³-hybridized carbons (Fsp3) is 0.500. The normalized spacial score (nSPS) is 10.3. The molecule has 0 saturated heterocycles. The summed E-state index contributed by atoms with van der Waals surface area (Å²) in [5.74, 6) is -0.522. The summed E-state index contributed by atoms with van der Waals surface area (Å²) in [6.07, 6.45) is 2.54. The maximum Gasteiger partial charge on any atom is 0.280 e. The van der Waals surface area contributed by atoms with E-state index in [9.17, 15) is 9.59 Å². The number of carbonyl (C=O) groups is 1. The molecule has 0 fully saturated rings. The van der Waals surface area contributed by atoms with Gasteiger partial charge in [0.2, 0.25) is 0 Å². The van der Waals surface area contributed by atoms with Gasteiger partial charge in [-0.05, 0) is 24.5 Å². The highest BCUT2D eigenvalue weighted by atomic mass is 16.6. The van der Waals surface area contributed by atoms with Crippen LogP contribution in [0.1, 0.15) is 41.9 Å². The molecule has 1 amide bonds. The van der Waals surface area contributed by atoms with E-state index in [0.29, 0.717) is 0 Å². The van der Waals surface area contributed by atoms with Crippen molar-refractivity contribution in [1.29, 1.82) is 0 Å². The van der Waals surface area contributed by atoms with Crippen LogP contribution in [0.25, 0.3) is 0 Å². The van der Waals surface area contributed by atoms with E-state index in [2.05, 4.69) is 15.3 Å².